The molecule has 0 aromatic heterocycles. The lowest BCUT2D eigenvalue weighted by molar-refractivity contribution is 0.155. The van der Waals surface area contributed by atoms with Crippen LogP contribution in [0.25, 0.3) is 0 Å². The fourth-order valence-electron chi connectivity index (χ4n) is 4.38. The first-order chi connectivity index (χ1) is 8.42. The molecule has 98 valence electrons. The average Bonchev–Trinajstić information content (AvgIpc) is 2.78. The minimum Gasteiger partial charge on any atom is -0.381 e. The summed E-state index contributed by atoms with van der Waals surface area (Å²) in [4.78, 5) is 0. The SMILES string of the molecule is CC12CCC(C1)C(C)(C)C2Nc1ccc(I)cc1. The first-order valence-corrected chi connectivity index (χ1v) is 8.02. The molecule has 2 saturated carbocycles. The summed E-state index contributed by atoms with van der Waals surface area (Å²) in [5.74, 6) is 0.906. The molecule has 3 atom stereocenters. The standard InChI is InChI=1S/C16H22IN/c1-15(2)11-8-9-16(3,10-11)14(15)18-13-6-4-12(17)5-7-13/h4-7,11,14,18H,8-10H2,1-3H3. The first kappa shape index (κ1) is 12.8. The van der Waals surface area contributed by atoms with Crippen LogP contribution in [0.4, 0.5) is 5.69 Å². The summed E-state index contributed by atoms with van der Waals surface area (Å²) in [5.41, 5.74) is 2.20. The molecule has 2 fully saturated rings. The molecule has 2 bridgehead atoms. The van der Waals surface area contributed by atoms with E-state index >= 15 is 0 Å². The van der Waals surface area contributed by atoms with E-state index in [1.807, 2.05) is 0 Å². The quantitative estimate of drug-likeness (QED) is 0.743. The van der Waals surface area contributed by atoms with Gasteiger partial charge in [0.25, 0.3) is 0 Å². The number of rotatable bonds is 2. The number of nitrogens with one attached hydrogen (secondary N) is 1. The number of anilines is 1. The number of hydrogen-bond acceptors (Lipinski definition) is 1. The van der Waals surface area contributed by atoms with Gasteiger partial charge < -0.3 is 5.32 Å². The Morgan fingerprint density at radius 1 is 1.17 bits per heavy atom. The molecule has 0 saturated heterocycles. The lowest BCUT2D eigenvalue weighted by atomic mass is 9.68. The first-order valence-electron chi connectivity index (χ1n) is 6.94. The summed E-state index contributed by atoms with van der Waals surface area (Å²) in [5, 5.41) is 3.83. The van der Waals surface area contributed by atoms with Crippen molar-refractivity contribution in [2.45, 2.75) is 46.1 Å². The molecule has 1 aromatic rings. The third kappa shape index (κ3) is 1.87. The largest absolute Gasteiger partial charge is 0.381 e. The van der Waals surface area contributed by atoms with Crippen molar-refractivity contribution in [1.29, 1.82) is 0 Å². The Bertz CT molecular complexity index is 446. The molecule has 2 aliphatic carbocycles. The molecule has 2 heteroatoms. The highest BCUT2D eigenvalue weighted by molar-refractivity contribution is 14.1. The summed E-state index contributed by atoms with van der Waals surface area (Å²) >= 11 is 2.36. The van der Waals surface area contributed by atoms with Gasteiger partial charge in [-0.25, -0.2) is 0 Å². The fourth-order valence-corrected chi connectivity index (χ4v) is 4.73. The van der Waals surface area contributed by atoms with E-state index in [0.717, 1.165) is 5.92 Å². The Morgan fingerprint density at radius 2 is 1.83 bits per heavy atom. The van der Waals surface area contributed by atoms with Crippen molar-refractivity contribution in [3.8, 4) is 0 Å². The van der Waals surface area contributed by atoms with Crippen molar-refractivity contribution in [2.75, 3.05) is 5.32 Å². The van der Waals surface area contributed by atoms with Crippen LogP contribution in [0.2, 0.25) is 0 Å². The molecule has 0 spiro atoms. The molecule has 3 rings (SSSR count). The van der Waals surface area contributed by atoms with Gasteiger partial charge in [0.15, 0.2) is 0 Å². The van der Waals surface area contributed by atoms with E-state index in [-0.39, 0.29) is 0 Å². The van der Waals surface area contributed by atoms with Crippen molar-refractivity contribution in [3.05, 3.63) is 27.8 Å². The van der Waals surface area contributed by atoms with Crippen molar-refractivity contribution in [2.24, 2.45) is 16.7 Å². The van der Waals surface area contributed by atoms with Crippen LogP contribution in [0, 0.1) is 20.3 Å². The van der Waals surface area contributed by atoms with Gasteiger partial charge in [-0.15, -0.1) is 0 Å². The zero-order chi connectivity index (χ0) is 13.0. The van der Waals surface area contributed by atoms with E-state index in [2.05, 4.69) is 72.9 Å². The molecule has 2 aliphatic rings. The molecular formula is C16H22IN. The van der Waals surface area contributed by atoms with Gasteiger partial charge in [-0.05, 0) is 82.9 Å². The predicted octanol–water partition coefficient (Wildman–Crippen LogP) is 4.92. The third-order valence-corrected chi connectivity index (χ3v) is 6.14. The molecule has 0 radical (unpaired) electrons. The molecule has 1 nitrogen and oxygen atoms in total. The van der Waals surface area contributed by atoms with E-state index in [4.69, 9.17) is 0 Å². The van der Waals surface area contributed by atoms with Crippen LogP contribution >= 0.6 is 22.6 Å². The molecule has 0 aliphatic heterocycles. The van der Waals surface area contributed by atoms with Gasteiger partial charge in [-0.2, -0.15) is 0 Å². The van der Waals surface area contributed by atoms with Crippen molar-refractivity contribution in [3.63, 3.8) is 0 Å². The fraction of sp³-hybridized carbons (Fsp3) is 0.625. The summed E-state index contributed by atoms with van der Waals surface area (Å²) in [6.45, 7) is 7.38. The minimum absolute atomic E-state index is 0.427. The second kappa shape index (κ2) is 4.12. The van der Waals surface area contributed by atoms with Crippen LogP contribution in [-0.4, -0.2) is 6.04 Å². The number of halogens is 1. The van der Waals surface area contributed by atoms with E-state index < -0.39 is 0 Å². The van der Waals surface area contributed by atoms with Crippen molar-refractivity contribution >= 4 is 28.3 Å². The molecule has 0 heterocycles. The Morgan fingerprint density at radius 3 is 2.39 bits per heavy atom. The second-order valence-corrected chi connectivity index (χ2v) is 8.24. The lowest BCUT2D eigenvalue weighted by Gasteiger charge is -2.43. The van der Waals surface area contributed by atoms with E-state index in [0.29, 0.717) is 16.9 Å². The highest BCUT2D eigenvalue weighted by Crippen LogP contribution is 2.63. The van der Waals surface area contributed by atoms with Crippen molar-refractivity contribution in [1.82, 2.24) is 0 Å². The number of fused-ring (bicyclic) bond motifs is 2. The maximum absolute atomic E-state index is 3.83. The van der Waals surface area contributed by atoms with Gasteiger partial charge >= 0.3 is 0 Å². The zero-order valence-corrected chi connectivity index (χ0v) is 13.6. The van der Waals surface area contributed by atoms with Gasteiger partial charge in [0.1, 0.15) is 0 Å². The van der Waals surface area contributed by atoms with Crippen LogP contribution in [0.1, 0.15) is 40.0 Å². The molecule has 18 heavy (non-hydrogen) atoms. The van der Waals surface area contributed by atoms with Crippen LogP contribution in [-0.2, 0) is 0 Å². The molecule has 0 amide bonds. The zero-order valence-electron chi connectivity index (χ0n) is 11.5. The highest BCUT2D eigenvalue weighted by atomic mass is 127. The Labute approximate surface area is 124 Å². The van der Waals surface area contributed by atoms with E-state index in [1.165, 1.54) is 28.5 Å². The van der Waals surface area contributed by atoms with Gasteiger partial charge in [0.2, 0.25) is 0 Å². The van der Waals surface area contributed by atoms with Gasteiger partial charge in [-0.1, -0.05) is 20.8 Å². The highest BCUT2D eigenvalue weighted by Gasteiger charge is 2.59. The lowest BCUT2D eigenvalue weighted by Crippen LogP contribution is -2.45. The van der Waals surface area contributed by atoms with Crippen LogP contribution < -0.4 is 5.32 Å². The average molecular weight is 355 g/mol. The molecule has 3 unspecified atom stereocenters. The maximum Gasteiger partial charge on any atom is 0.0368 e. The smallest absolute Gasteiger partial charge is 0.0368 e. The van der Waals surface area contributed by atoms with Crippen molar-refractivity contribution < 1.29 is 0 Å². The monoisotopic (exact) mass is 355 g/mol. The Balaban J connectivity index is 1.86. The normalized spacial score (nSPS) is 36.9. The van der Waals surface area contributed by atoms with Crippen LogP contribution in [0.3, 0.4) is 0 Å². The van der Waals surface area contributed by atoms with Gasteiger partial charge in [0.05, 0.1) is 0 Å². The topological polar surface area (TPSA) is 12.0 Å². The Kier molecular flexibility index (Phi) is 2.92. The predicted molar refractivity (Wildman–Crippen MR) is 85.8 cm³/mol. The minimum atomic E-state index is 0.427. The van der Waals surface area contributed by atoms with Gasteiger partial charge in [0, 0.05) is 15.3 Å². The van der Waals surface area contributed by atoms with E-state index in [9.17, 15) is 0 Å². The number of hydrogen-bond donors (Lipinski definition) is 1. The molecular weight excluding hydrogens is 333 g/mol. The second-order valence-electron chi connectivity index (χ2n) is 7.00. The third-order valence-electron chi connectivity index (χ3n) is 5.42. The summed E-state index contributed by atoms with van der Waals surface area (Å²) in [6.07, 6.45) is 4.22. The number of benzene rings is 1. The molecule has 1 N–H and O–H groups in total. The Hall–Kier alpha value is -0.250. The summed E-state index contributed by atoms with van der Waals surface area (Å²) in [7, 11) is 0. The van der Waals surface area contributed by atoms with Crippen LogP contribution in [0.5, 0.6) is 0 Å². The van der Waals surface area contributed by atoms with Crippen LogP contribution in [0.15, 0.2) is 24.3 Å². The maximum atomic E-state index is 3.83. The summed E-state index contributed by atoms with van der Waals surface area (Å²) < 4.78 is 1.30. The van der Waals surface area contributed by atoms with Gasteiger partial charge in [-0.3, -0.25) is 0 Å². The van der Waals surface area contributed by atoms with E-state index in [1.54, 1.807) is 0 Å². The summed E-state index contributed by atoms with van der Waals surface area (Å²) in [6, 6.07) is 9.42. The molecule has 1 aromatic carbocycles.